The highest BCUT2D eigenvalue weighted by molar-refractivity contribution is 5.83. The average molecular weight is 281 g/mol. The van der Waals surface area contributed by atoms with Crippen LogP contribution in [0.25, 0.3) is 10.9 Å². The molecule has 0 atom stereocenters. The Morgan fingerprint density at radius 1 is 1.24 bits per heavy atom. The normalized spacial score (nSPS) is 17.3. The van der Waals surface area contributed by atoms with Crippen LogP contribution >= 0.6 is 0 Å². The molecule has 1 amide bonds. The van der Waals surface area contributed by atoms with E-state index in [4.69, 9.17) is 0 Å². The van der Waals surface area contributed by atoms with E-state index in [1.807, 2.05) is 41.1 Å². The number of hydrogen-bond acceptors (Lipinski definition) is 2. The first-order valence-electron chi connectivity index (χ1n) is 7.49. The second-order valence-electron chi connectivity index (χ2n) is 5.81. The first-order chi connectivity index (χ1) is 10.2. The Kier molecular flexibility index (Phi) is 3.66. The fourth-order valence-corrected chi connectivity index (χ4v) is 3.16. The number of nitrogens with one attached hydrogen (secondary N) is 1. The molecule has 1 N–H and O–H groups in total. The summed E-state index contributed by atoms with van der Waals surface area (Å²) in [4.78, 5) is 12.3. The van der Waals surface area contributed by atoms with Gasteiger partial charge in [0.1, 0.15) is 12.1 Å². The minimum Gasteiger partial charge on any atom is -0.338 e. The lowest BCUT2D eigenvalue weighted by Crippen LogP contribution is -2.49. The predicted molar refractivity (Wildman–Crippen MR) is 81.5 cm³/mol. The molecule has 108 valence electrons. The van der Waals surface area contributed by atoms with Gasteiger partial charge in [-0.25, -0.2) is 0 Å². The Bertz CT molecular complexity index is 689. The minimum absolute atomic E-state index is 0.0835. The SMILES string of the molecule is N#CC1(NC(=O)Cn2ccc3ccccc32)CCCCC1. The molecular formula is C17H19N3O. The zero-order valence-electron chi connectivity index (χ0n) is 12.0. The molecule has 1 aliphatic carbocycles. The van der Waals surface area contributed by atoms with Crippen molar-refractivity contribution < 1.29 is 4.79 Å². The Hall–Kier alpha value is -2.28. The number of rotatable bonds is 3. The van der Waals surface area contributed by atoms with Crippen LogP contribution in [-0.2, 0) is 11.3 Å². The van der Waals surface area contributed by atoms with Gasteiger partial charge >= 0.3 is 0 Å². The van der Waals surface area contributed by atoms with E-state index in [0.717, 1.165) is 43.0 Å². The molecule has 2 aromatic rings. The van der Waals surface area contributed by atoms with Crippen molar-refractivity contribution in [1.29, 1.82) is 5.26 Å². The quantitative estimate of drug-likeness (QED) is 0.940. The second-order valence-corrected chi connectivity index (χ2v) is 5.81. The zero-order valence-corrected chi connectivity index (χ0v) is 12.0. The largest absolute Gasteiger partial charge is 0.338 e. The molecule has 0 bridgehead atoms. The molecule has 0 radical (unpaired) electrons. The topological polar surface area (TPSA) is 57.8 Å². The van der Waals surface area contributed by atoms with Crippen LogP contribution in [0.2, 0.25) is 0 Å². The number of carbonyl (C=O) groups excluding carboxylic acids is 1. The summed E-state index contributed by atoms with van der Waals surface area (Å²) in [5.41, 5.74) is 0.389. The number of amides is 1. The number of fused-ring (bicyclic) bond motifs is 1. The van der Waals surface area contributed by atoms with Gasteiger partial charge in [0.15, 0.2) is 0 Å². The summed E-state index contributed by atoms with van der Waals surface area (Å²) < 4.78 is 1.93. The van der Waals surface area contributed by atoms with Crippen LogP contribution in [0, 0.1) is 11.3 Å². The molecule has 1 saturated carbocycles. The van der Waals surface area contributed by atoms with Crippen molar-refractivity contribution in [3.05, 3.63) is 36.5 Å². The summed E-state index contributed by atoms with van der Waals surface area (Å²) in [5, 5.41) is 13.5. The number of benzene rings is 1. The predicted octanol–water partition coefficient (Wildman–Crippen LogP) is 2.98. The summed E-state index contributed by atoms with van der Waals surface area (Å²) in [7, 11) is 0. The zero-order chi connectivity index (χ0) is 14.7. The van der Waals surface area contributed by atoms with Crippen molar-refractivity contribution in [1.82, 2.24) is 9.88 Å². The number of hydrogen-bond donors (Lipinski definition) is 1. The molecule has 1 heterocycles. The van der Waals surface area contributed by atoms with Gasteiger partial charge in [-0.2, -0.15) is 5.26 Å². The van der Waals surface area contributed by atoms with Crippen molar-refractivity contribution in [2.75, 3.05) is 0 Å². The van der Waals surface area contributed by atoms with Crippen LogP contribution in [0.3, 0.4) is 0 Å². The van der Waals surface area contributed by atoms with Crippen LogP contribution in [0.15, 0.2) is 36.5 Å². The van der Waals surface area contributed by atoms with Gasteiger partial charge in [0.05, 0.1) is 6.07 Å². The molecule has 1 fully saturated rings. The summed E-state index contributed by atoms with van der Waals surface area (Å²) in [6, 6.07) is 12.3. The van der Waals surface area contributed by atoms with Crippen LogP contribution < -0.4 is 5.32 Å². The molecule has 4 heteroatoms. The first-order valence-corrected chi connectivity index (χ1v) is 7.49. The minimum atomic E-state index is -0.654. The second kappa shape index (κ2) is 5.61. The maximum atomic E-state index is 12.3. The number of nitriles is 1. The van der Waals surface area contributed by atoms with Gasteiger partial charge in [-0.1, -0.05) is 37.5 Å². The van der Waals surface area contributed by atoms with Gasteiger partial charge in [-0.15, -0.1) is 0 Å². The lowest BCUT2D eigenvalue weighted by atomic mass is 9.83. The van der Waals surface area contributed by atoms with Gasteiger partial charge < -0.3 is 9.88 Å². The highest BCUT2D eigenvalue weighted by Gasteiger charge is 2.33. The number of para-hydroxylation sites is 1. The van der Waals surface area contributed by atoms with E-state index >= 15 is 0 Å². The monoisotopic (exact) mass is 281 g/mol. The average Bonchev–Trinajstić information content (AvgIpc) is 2.91. The molecule has 4 nitrogen and oxygen atoms in total. The Labute approximate surface area is 124 Å². The van der Waals surface area contributed by atoms with E-state index in [2.05, 4.69) is 11.4 Å². The van der Waals surface area contributed by atoms with Crippen molar-refractivity contribution >= 4 is 16.8 Å². The molecule has 1 aliphatic rings. The van der Waals surface area contributed by atoms with E-state index < -0.39 is 5.54 Å². The lowest BCUT2D eigenvalue weighted by molar-refractivity contribution is -0.123. The molecule has 0 saturated heterocycles. The highest BCUT2D eigenvalue weighted by Crippen LogP contribution is 2.27. The van der Waals surface area contributed by atoms with E-state index in [1.54, 1.807) is 0 Å². The Morgan fingerprint density at radius 2 is 2.00 bits per heavy atom. The van der Waals surface area contributed by atoms with E-state index in [-0.39, 0.29) is 12.5 Å². The van der Waals surface area contributed by atoms with Gasteiger partial charge in [0.2, 0.25) is 5.91 Å². The van der Waals surface area contributed by atoms with Crippen LogP contribution in [0.4, 0.5) is 0 Å². The third-order valence-electron chi connectivity index (χ3n) is 4.29. The molecule has 1 aromatic heterocycles. The molecular weight excluding hydrogens is 262 g/mol. The third kappa shape index (κ3) is 2.78. The molecule has 21 heavy (non-hydrogen) atoms. The lowest BCUT2D eigenvalue weighted by Gasteiger charge is -2.31. The van der Waals surface area contributed by atoms with Crippen molar-refractivity contribution in [3.63, 3.8) is 0 Å². The van der Waals surface area contributed by atoms with Gasteiger partial charge in [-0.3, -0.25) is 4.79 Å². The van der Waals surface area contributed by atoms with Gasteiger partial charge in [-0.05, 0) is 30.4 Å². The fourth-order valence-electron chi connectivity index (χ4n) is 3.16. The fraction of sp³-hybridized carbons (Fsp3) is 0.412. The van der Waals surface area contributed by atoms with Crippen LogP contribution in [0.5, 0.6) is 0 Å². The molecule has 0 spiro atoms. The van der Waals surface area contributed by atoms with Gasteiger partial charge in [0, 0.05) is 11.7 Å². The van der Waals surface area contributed by atoms with Crippen LogP contribution in [-0.4, -0.2) is 16.0 Å². The smallest absolute Gasteiger partial charge is 0.241 e. The standard InChI is InChI=1S/C17H19N3O/c18-13-17(9-4-1-5-10-17)19-16(21)12-20-11-8-14-6-2-3-7-15(14)20/h2-3,6-8,11H,1,4-5,9-10,12H2,(H,19,21). The molecule has 3 rings (SSSR count). The van der Waals surface area contributed by atoms with Gasteiger partial charge in [0.25, 0.3) is 0 Å². The highest BCUT2D eigenvalue weighted by atomic mass is 16.2. The summed E-state index contributed by atoms with van der Waals surface area (Å²) >= 11 is 0. The molecule has 1 aromatic carbocycles. The Morgan fingerprint density at radius 3 is 2.76 bits per heavy atom. The van der Waals surface area contributed by atoms with E-state index in [1.165, 1.54) is 0 Å². The number of carbonyl (C=O) groups is 1. The number of aromatic nitrogens is 1. The maximum absolute atomic E-state index is 12.3. The maximum Gasteiger partial charge on any atom is 0.241 e. The van der Waals surface area contributed by atoms with Crippen molar-refractivity contribution in [2.45, 2.75) is 44.2 Å². The summed E-state index contributed by atoms with van der Waals surface area (Å²) in [6.45, 7) is 0.261. The van der Waals surface area contributed by atoms with Crippen LogP contribution in [0.1, 0.15) is 32.1 Å². The van der Waals surface area contributed by atoms with Crippen molar-refractivity contribution in [2.24, 2.45) is 0 Å². The summed E-state index contributed by atoms with van der Waals surface area (Å²) in [6.07, 6.45) is 6.63. The number of nitrogens with zero attached hydrogens (tertiary/aromatic N) is 2. The third-order valence-corrected chi connectivity index (χ3v) is 4.29. The molecule has 0 unspecified atom stereocenters. The molecule has 0 aliphatic heterocycles. The van der Waals surface area contributed by atoms with E-state index in [0.29, 0.717) is 0 Å². The van der Waals surface area contributed by atoms with E-state index in [9.17, 15) is 10.1 Å². The summed E-state index contributed by atoms with van der Waals surface area (Å²) in [5.74, 6) is -0.0835. The van der Waals surface area contributed by atoms with Crippen molar-refractivity contribution in [3.8, 4) is 6.07 Å². The first kappa shape index (κ1) is 13.7. The Balaban J connectivity index is 1.73.